The van der Waals surface area contributed by atoms with Gasteiger partial charge in [-0.3, -0.25) is 0 Å². The highest BCUT2D eigenvalue weighted by Crippen LogP contribution is 2.13. The summed E-state index contributed by atoms with van der Waals surface area (Å²) in [5.74, 6) is 0. The van der Waals surface area contributed by atoms with E-state index in [-0.39, 0.29) is 0 Å². The van der Waals surface area contributed by atoms with Crippen LogP contribution in [0.2, 0.25) is 19.1 Å². The van der Waals surface area contributed by atoms with Crippen molar-refractivity contribution >= 4 is 25.9 Å². The second-order valence-electron chi connectivity index (χ2n) is 4.17. The molecular weight excluding hydrogens is 192 g/mol. The molecule has 0 aliphatic heterocycles. The molecule has 0 N–H and O–H groups in total. The van der Waals surface area contributed by atoms with Crippen LogP contribution in [0.5, 0.6) is 0 Å². The lowest BCUT2D eigenvalue weighted by Crippen LogP contribution is -2.34. The summed E-state index contributed by atoms with van der Waals surface area (Å²) in [7, 11) is 3.93. The summed E-state index contributed by atoms with van der Waals surface area (Å²) in [5.41, 5.74) is 0. The molecule has 0 atom stereocenters. The minimum absolute atomic E-state index is 0.796. The molecule has 0 aromatic carbocycles. The van der Waals surface area contributed by atoms with Crippen molar-refractivity contribution < 1.29 is 0 Å². The normalized spacial score (nSPS) is 12.0. The molecule has 0 heterocycles. The van der Waals surface area contributed by atoms with E-state index < -0.39 is 7.59 Å². The van der Waals surface area contributed by atoms with Crippen LogP contribution in [-0.4, -0.2) is 25.9 Å². The Balaban J connectivity index is 3.19. The SMILES string of the molecule is CCCCCCC[Si](C)(C)[Si][Si]. The van der Waals surface area contributed by atoms with Gasteiger partial charge >= 0.3 is 0 Å². The van der Waals surface area contributed by atoms with Gasteiger partial charge in [0, 0.05) is 25.9 Å². The van der Waals surface area contributed by atoms with E-state index in [2.05, 4.69) is 29.8 Å². The zero-order valence-corrected chi connectivity index (χ0v) is 11.7. The molecule has 5 radical (unpaired) electrons. The fourth-order valence-electron chi connectivity index (χ4n) is 1.23. The van der Waals surface area contributed by atoms with Gasteiger partial charge in [0.25, 0.3) is 0 Å². The lowest BCUT2D eigenvalue weighted by Gasteiger charge is -2.18. The van der Waals surface area contributed by atoms with Crippen molar-refractivity contribution in [2.24, 2.45) is 0 Å². The minimum Gasteiger partial charge on any atom is -0.0719 e. The molecule has 3 heteroatoms. The Morgan fingerprint density at radius 1 is 1.08 bits per heavy atom. The van der Waals surface area contributed by atoms with Gasteiger partial charge in [0.1, 0.15) is 0 Å². The molecule has 0 rings (SSSR count). The average Bonchev–Trinajstić information content (AvgIpc) is 2.04. The van der Waals surface area contributed by atoms with Crippen molar-refractivity contribution in [2.45, 2.75) is 58.2 Å². The van der Waals surface area contributed by atoms with Gasteiger partial charge in [-0.25, -0.2) is 0 Å². The molecular formula is C9H21Si3. The van der Waals surface area contributed by atoms with Crippen LogP contribution in [0, 0.1) is 0 Å². The van der Waals surface area contributed by atoms with E-state index in [0.717, 1.165) is 8.55 Å². The Labute approximate surface area is 84.4 Å². The van der Waals surface area contributed by atoms with Crippen LogP contribution in [0.25, 0.3) is 0 Å². The zero-order valence-electron chi connectivity index (χ0n) is 8.74. The van der Waals surface area contributed by atoms with Gasteiger partial charge in [0.05, 0.1) is 0 Å². The van der Waals surface area contributed by atoms with Crippen molar-refractivity contribution in [3.63, 3.8) is 0 Å². The third-order valence-electron chi connectivity index (χ3n) is 2.24. The highest BCUT2D eigenvalue weighted by molar-refractivity contribution is 7.39. The van der Waals surface area contributed by atoms with E-state index in [9.17, 15) is 0 Å². The Morgan fingerprint density at radius 2 is 1.67 bits per heavy atom. The first kappa shape index (κ1) is 12.7. The maximum absolute atomic E-state index is 3.69. The largest absolute Gasteiger partial charge is 0.0719 e. The molecule has 0 aliphatic rings. The molecule has 0 bridgehead atoms. The predicted octanol–water partition coefficient (Wildman–Crippen LogP) is 2.95. The summed E-state index contributed by atoms with van der Waals surface area (Å²) in [6, 6.07) is 1.51. The average molecular weight is 214 g/mol. The molecule has 0 aliphatic carbocycles. The molecule has 0 spiro atoms. The highest BCUT2D eigenvalue weighted by atomic mass is 29.5. The van der Waals surface area contributed by atoms with Crippen molar-refractivity contribution in [1.29, 1.82) is 0 Å². The van der Waals surface area contributed by atoms with E-state index in [1.807, 2.05) is 0 Å². The van der Waals surface area contributed by atoms with Gasteiger partial charge in [0.15, 0.2) is 0 Å². The first-order chi connectivity index (χ1) is 5.62. The molecule has 0 aromatic rings. The summed E-state index contributed by atoms with van der Waals surface area (Å²) >= 11 is 0. The monoisotopic (exact) mass is 213 g/mol. The van der Waals surface area contributed by atoms with E-state index in [0.29, 0.717) is 0 Å². The molecule has 0 unspecified atom stereocenters. The predicted molar refractivity (Wildman–Crippen MR) is 62.6 cm³/mol. The molecule has 0 saturated heterocycles. The molecule has 69 valence electrons. The van der Waals surface area contributed by atoms with Crippen molar-refractivity contribution in [2.75, 3.05) is 0 Å². The minimum atomic E-state index is -0.796. The zero-order chi connectivity index (χ0) is 9.45. The summed E-state index contributed by atoms with van der Waals surface area (Å²) in [6.45, 7) is 7.24. The lowest BCUT2D eigenvalue weighted by molar-refractivity contribution is 0.654. The molecule has 0 amide bonds. The first-order valence-corrected chi connectivity index (χ1v) is 11.8. The van der Waals surface area contributed by atoms with Crippen LogP contribution < -0.4 is 0 Å². The van der Waals surface area contributed by atoms with Gasteiger partial charge in [-0.15, -0.1) is 0 Å². The third kappa shape index (κ3) is 7.31. The number of hydrogen-bond acceptors (Lipinski definition) is 0. The van der Waals surface area contributed by atoms with Crippen molar-refractivity contribution in [1.82, 2.24) is 0 Å². The molecule has 0 fully saturated rings. The number of hydrogen-bond donors (Lipinski definition) is 0. The van der Waals surface area contributed by atoms with E-state index in [1.54, 1.807) is 0 Å². The maximum atomic E-state index is 3.69. The second kappa shape index (κ2) is 7.09. The highest BCUT2D eigenvalue weighted by Gasteiger charge is 2.16. The topological polar surface area (TPSA) is 0 Å². The third-order valence-corrected chi connectivity index (χ3v) is 13.4. The fourth-order valence-corrected chi connectivity index (χ4v) is 4.52. The van der Waals surface area contributed by atoms with Gasteiger partial charge in [-0.05, 0) is 0 Å². The van der Waals surface area contributed by atoms with E-state index in [1.165, 1.54) is 38.1 Å². The Hall–Kier alpha value is 0.651. The Morgan fingerprint density at radius 3 is 2.17 bits per heavy atom. The fraction of sp³-hybridized carbons (Fsp3) is 1.00. The Kier molecular flexibility index (Phi) is 7.48. The van der Waals surface area contributed by atoms with Gasteiger partial charge in [0.2, 0.25) is 0 Å². The molecule has 0 saturated carbocycles. The van der Waals surface area contributed by atoms with Crippen LogP contribution in [0.4, 0.5) is 0 Å². The second-order valence-corrected chi connectivity index (χ2v) is 15.8. The van der Waals surface area contributed by atoms with Crippen LogP contribution in [0.1, 0.15) is 39.0 Å². The van der Waals surface area contributed by atoms with Crippen molar-refractivity contribution in [3.8, 4) is 0 Å². The van der Waals surface area contributed by atoms with E-state index >= 15 is 0 Å². The summed E-state index contributed by atoms with van der Waals surface area (Å²) < 4.78 is 0. The number of unbranched alkanes of at least 4 members (excludes halogenated alkanes) is 4. The molecule has 12 heavy (non-hydrogen) atoms. The summed E-state index contributed by atoms with van der Waals surface area (Å²) in [4.78, 5) is 0. The van der Waals surface area contributed by atoms with Crippen molar-refractivity contribution in [3.05, 3.63) is 0 Å². The van der Waals surface area contributed by atoms with Crippen LogP contribution in [0.3, 0.4) is 0 Å². The lowest BCUT2D eigenvalue weighted by atomic mass is 10.2. The van der Waals surface area contributed by atoms with Gasteiger partial charge < -0.3 is 0 Å². The van der Waals surface area contributed by atoms with E-state index in [4.69, 9.17) is 0 Å². The van der Waals surface area contributed by atoms with Crippen LogP contribution in [-0.2, 0) is 0 Å². The van der Waals surface area contributed by atoms with Gasteiger partial charge in [-0.2, -0.15) is 0 Å². The smallest absolute Gasteiger partial charge is 0.0320 e. The van der Waals surface area contributed by atoms with Crippen LogP contribution >= 0.6 is 0 Å². The summed E-state index contributed by atoms with van der Waals surface area (Å²) in [5, 5.41) is 0. The van der Waals surface area contributed by atoms with Crippen LogP contribution in [0.15, 0.2) is 0 Å². The molecule has 0 nitrogen and oxygen atoms in total. The Bertz CT molecular complexity index is 102. The number of rotatable bonds is 7. The first-order valence-electron chi connectivity index (χ1n) is 5.06. The standard InChI is InChI=1S/C9H21Si3/c1-4-5-6-7-8-9-12(2,3)11-10/h4-9H2,1-3H3. The quantitative estimate of drug-likeness (QED) is 0.451. The maximum Gasteiger partial charge on any atom is 0.0320 e. The van der Waals surface area contributed by atoms with Gasteiger partial charge in [-0.1, -0.05) is 58.2 Å². The molecule has 0 aromatic heterocycles. The summed E-state index contributed by atoms with van der Waals surface area (Å²) in [6.07, 6.45) is 7.17.